The minimum atomic E-state index is -0.418. The standard InChI is InChI=1S/C27H28N8O2/c1-17-7-10-22(34-26(36)32-20-11-8-18(9-12-20)24(28-2)29-3)16-23(17)35-27(37)33-21-6-4-5-19(15-21)25-30-13-14-31-25/h4-12,15-16H,2,13-14H2,1,3H3,(H,30,31)(H2,32,34,36)(H2,33,35,37). The minimum Gasteiger partial charge on any atom is -0.368 e. The maximum atomic E-state index is 12.7. The van der Waals surface area contributed by atoms with Gasteiger partial charge in [-0.25, -0.2) is 14.6 Å². The van der Waals surface area contributed by atoms with Gasteiger partial charge in [0.25, 0.3) is 0 Å². The second-order valence-corrected chi connectivity index (χ2v) is 8.21. The summed E-state index contributed by atoms with van der Waals surface area (Å²) in [6.45, 7) is 6.92. The number of rotatable bonds is 6. The smallest absolute Gasteiger partial charge is 0.323 e. The van der Waals surface area contributed by atoms with Crippen molar-refractivity contribution in [3.05, 3.63) is 83.4 Å². The number of aliphatic imine (C=N–C) groups is 3. The van der Waals surface area contributed by atoms with Crippen LogP contribution in [0, 0.1) is 6.92 Å². The van der Waals surface area contributed by atoms with Gasteiger partial charge in [-0.2, -0.15) is 0 Å². The molecule has 0 saturated heterocycles. The van der Waals surface area contributed by atoms with Crippen molar-refractivity contribution >= 4 is 53.2 Å². The number of amidine groups is 2. The summed E-state index contributed by atoms with van der Waals surface area (Å²) in [5.41, 5.74) is 4.90. The zero-order valence-electron chi connectivity index (χ0n) is 20.6. The lowest BCUT2D eigenvalue weighted by Crippen LogP contribution is -2.22. The fraction of sp³-hybridized carbons (Fsp3) is 0.148. The lowest BCUT2D eigenvalue weighted by molar-refractivity contribution is 0.261. The molecule has 37 heavy (non-hydrogen) atoms. The van der Waals surface area contributed by atoms with Crippen LogP contribution in [-0.4, -0.2) is 50.6 Å². The number of carbonyl (C=O) groups is 2. The fourth-order valence-electron chi connectivity index (χ4n) is 3.74. The molecule has 1 heterocycles. The van der Waals surface area contributed by atoms with Crippen molar-refractivity contribution in [3.8, 4) is 0 Å². The first-order valence-corrected chi connectivity index (χ1v) is 11.6. The summed E-state index contributed by atoms with van der Waals surface area (Å²) in [4.78, 5) is 37.5. The SMILES string of the molecule is C=NC(=NC)c1ccc(NC(=O)Nc2ccc(C)c(NC(=O)Nc3cccc(C4=NCCN4)c3)c2)cc1. The number of aryl methyl sites for hydroxylation is 1. The number of anilines is 4. The molecule has 5 N–H and O–H groups in total. The molecule has 0 unspecified atom stereocenters. The first kappa shape index (κ1) is 25.1. The van der Waals surface area contributed by atoms with Crippen molar-refractivity contribution in [3.63, 3.8) is 0 Å². The number of benzene rings is 3. The average Bonchev–Trinajstić information content (AvgIpc) is 3.43. The molecule has 4 rings (SSSR count). The van der Waals surface area contributed by atoms with E-state index in [2.05, 4.69) is 48.3 Å². The van der Waals surface area contributed by atoms with Crippen molar-refractivity contribution in [2.75, 3.05) is 41.4 Å². The maximum absolute atomic E-state index is 12.7. The third-order valence-corrected chi connectivity index (χ3v) is 5.57. The molecule has 3 aromatic carbocycles. The quantitative estimate of drug-likeness (QED) is 0.250. The van der Waals surface area contributed by atoms with Gasteiger partial charge < -0.3 is 26.6 Å². The highest BCUT2D eigenvalue weighted by Gasteiger charge is 2.11. The molecule has 1 aliphatic heterocycles. The summed E-state index contributed by atoms with van der Waals surface area (Å²) < 4.78 is 0. The molecular weight excluding hydrogens is 468 g/mol. The Balaban J connectivity index is 1.36. The van der Waals surface area contributed by atoms with Gasteiger partial charge in [0.15, 0.2) is 5.84 Å². The number of nitrogens with zero attached hydrogens (tertiary/aromatic N) is 3. The van der Waals surface area contributed by atoms with E-state index >= 15 is 0 Å². The highest BCUT2D eigenvalue weighted by Crippen LogP contribution is 2.22. The Bertz CT molecular complexity index is 1380. The topological polar surface area (TPSA) is 131 Å². The van der Waals surface area contributed by atoms with Crippen molar-refractivity contribution in [2.24, 2.45) is 15.0 Å². The van der Waals surface area contributed by atoms with Crippen molar-refractivity contribution in [1.82, 2.24) is 5.32 Å². The van der Waals surface area contributed by atoms with Gasteiger partial charge in [0.05, 0.1) is 6.54 Å². The molecule has 0 aliphatic carbocycles. The molecule has 0 bridgehead atoms. The van der Waals surface area contributed by atoms with E-state index in [9.17, 15) is 9.59 Å². The average molecular weight is 497 g/mol. The molecule has 0 saturated carbocycles. The van der Waals surface area contributed by atoms with Gasteiger partial charge in [0.1, 0.15) is 5.84 Å². The van der Waals surface area contributed by atoms with E-state index in [-0.39, 0.29) is 0 Å². The number of urea groups is 2. The van der Waals surface area contributed by atoms with Gasteiger partial charge in [-0.05, 0) is 67.7 Å². The van der Waals surface area contributed by atoms with Crippen LogP contribution in [0.4, 0.5) is 32.3 Å². The van der Waals surface area contributed by atoms with Gasteiger partial charge in [-0.15, -0.1) is 0 Å². The van der Waals surface area contributed by atoms with Crippen LogP contribution in [0.5, 0.6) is 0 Å². The van der Waals surface area contributed by atoms with E-state index in [0.717, 1.165) is 35.6 Å². The number of hydrogen-bond donors (Lipinski definition) is 5. The van der Waals surface area contributed by atoms with Gasteiger partial charge in [-0.3, -0.25) is 9.98 Å². The highest BCUT2D eigenvalue weighted by molar-refractivity contribution is 6.05. The van der Waals surface area contributed by atoms with Crippen molar-refractivity contribution in [1.29, 1.82) is 0 Å². The summed E-state index contributed by atoms with van der Waals surface area (Å²) in [7, 11) is 1.64. The predicted molar refractivity (Wildman–Crippen MR) is 151 cm³/mol. The van der Waals surface area contributed by atoms with Gasteiger partial charge >= 0.3 is 12.1 Å². The van der Waals surface area contributed by atoms with Crippen LogP contribution in [0.3, 0.4) is 0 Å². The number of nitrogens with one attached hydrogen (secondary N) is 5. The second kappa shape index (κ2) is 11.6. The molecule has 0 radical (unpaired) electrons. The normalized spacial score (nSPS) is 12.7. The largest absolute Gasteiger partial charge is 0.368 e. The van der Waals surface area contributed by atoms with E-state index in [1.54, 1.807) is 43.4 Å². The number of amides is 4. The molecule has 188 valence electrons. The molecule has 3 aromatic rings. The van der Waals surface area contributed by atoms with Gasteiger partial charge in [0, 0.05) is 47.5 Å². The Morgan fingerprint density at radius 3 is 2.24 bits per heavy atom. The van der Waals surface area contributed by atoms with Crippen LogP contribution in [0.15, 0.2) is 81.7 Å². The molecule has 0 aromatic heterocycles. The van der Waals surface area contributed by atoms with Crippen LogP contribution >= 0.6 is 0 Å². The fourth-order valence-corrected chi connectivity index (χ4v) is 3.74. The van der Waals surface area contributed by atoms with Crippen LogP contribution in [0.2, 0.25) is 0 Å². The molecule has 0 spiro atoms. The van der Waals surface area contributed by atoms with Gasteiger partial charge in [-0.1, -0.05) is 18.2 Å². The predicted octanol–water partition coefficient (Wildman–Crippen LogP) is 4.71. The Kier molecular flexibility index (Phi) is 7.89. The summed E-state index contributed by atoms with van der Waals surface area (Å²) >= 11 is 0. The first-order valence-electron chi connectivity index (χ1n) is 11.6. The van der Waals surface area contributed by atoms with Crippen LogP contribution in [0.1, 0.15) is 16.7 Å². The Morgan fingerprint density at radius 2 is 1.57 bits per heavy atom. The minimum absolute atomic E-state index is 0.396. The second-order valence-electron chi connectivity index (χ2n) is 8.21. The lowest BCUT2D eigenvalue weighted by Gasteiger charge is -2.13. The Hall–Kier alpha value is -4.99. The number of hydrogen-bond acceptors (Lipinski definition) is 5. The molecule has 10 heteroatoms. The van der Waals surface area contributed by atoms with E-state index in [1.807, 2.05) is 37.3 Å². The van der Waals surface area contributed by atoms with Crippen LogP contribution in [0.25, 0.3) is 0 Å². The third kappa shape index (κ3) is 6.57. The van der Waals surface area contributed by atoms with Crippen LogP contribution < -0.4 is 26.6 Å². The summed E-state index contributed by atoms with van der Waals surface area (Å²) in [5, 5.41) is 14.5. The summed E-state index contributed by atoms with van der Waals surface area (Å²) in [6, 6.07) is 19.0. The third-order valence-electron chi connectivity index (χ3n) is 5.57. The van der Waals surface area contributed by atoms with E-state index in [0.29, 0.717) is 28.6 Å². The molecule has 1 aliphatic rings. The van der Waals surface area contributed by atoms with E-state index in [1.165, 1.54) is 0 Å². The molecule has 0 atom stereocenters. The maximum Gasteiger partial charge on any atom is 0.323 e. The zero-order valence-corrected chi connectivity index (χ0v) is 20.6. The molecule has 0 fully saturated rings. The molecule has 10 nitrogen and oxygen atoms in total. The monoisotopic (exact) mass is 496 g/mol. The van der Waals surface area contributed by atoms with Crippen LogP contribution in [-0.2, 0) is 0 Å². The zero-order chi connectivity index (χ0) is 26.2. The summed E-state index contributed by atoms with van der Waals surface area (Å²) in [6.07, 6.45) is 0. The molecule has 4 amide bonds. The van der Waals surface area contributed by atoms with Crippen molar-refractivity contribution in [2.45, 2.75) is 6.92 Å². The Morgan fingerprint density at radius 1 is 0.892 bits per heavy atom. The highest BCUT2D eigenvalue weighted by atomic mass is 16.2. The first-order chi connectivity index (χ1) is 17.9. The summed E-state index contributed by atoms with van der Waals surface area (Å²) in [5.74, 6) is 1.34. The van der Waals surface area contributed by atoms with E-state index in [4.69, 9.17) is 0 Å². The molecular formula is C27H28N8O2. The Labute approximate surface area is 215 Å². The lowest BCUT2D eigenvalue weighted by atomic mass is 10.1. The van der Waals surface area contributed by atoms with E-state index < -0.39 is 12.1 Å². The van der Waals surface area contributed by atoms with Gasteiger partial charge in [0.2, 0.25) is 0 Å². The van der Waals surface area contributed by atoms with Crippen molar-refractivity contribution < 1.29 is 9.59 Å². The number of carbonyl (C=O) groups excluding carboxylic acids is 2.